The number of thiol groups is 1. The number of halogens is 1. The lowest BCUT2D eigenvalue weighted by molar-refractivity contribution is 0.129. The van der Waals surface area contributed by atoms with Crippen molar-refractivity contribution in [2.45, 2.75) is 19.1 Å². The van der Waals surface area contributed by atoms with Crippen molar-refractivity contribution < 1.29 is 18.1 Å². The molecule has 156 valence electrons. The molecule has 1 amide bonds. The molecule has 8 heteroatoms. The Hall–Kier alpha value is -2.55. The van der Waals surface area contributed by atoms with Crippen molar-refractivity contribution in [3.63, 3.8) is 0 Å². The highest BCUT2D eigenvalue weighted by Crippen LogP contribution is 2.27. The van der Waals surface area contributed by atoms with E-state index in [0.717, 1.165) is 5.56 Å². The minimum absolute atomic E-state index is 0.0248. The number of hydrogen-bond acceptors (Lipinski definition) is 3. The highest BCUT2D eigenvalue weighted by molar-refractivity contribution is 7.99. The van der Waals surface area contributed by atoms with E-state index in [2.05, 4.69) is 14.8 Å². The Kier molecular flexibility index (Phi) is 6.79. The number of nitrogens with one attached hydrogen (secondary N) is 3. The summed E-state index contributed by atoms with van der Waals surface area (Å²) in [5.41, 5.74) is -0.173. The molecule has 3 rings (SSSR count). The number of carbonyl (C=O) groups excluding carboxylic acids is 1. The van der Waals surface area contributed by atoms with Gasteiger partial charge in [0.05, 0.1) is 11.3 Å². The van der Waals surface area contributed by atoms with E-state index < -0.39 is 27.8 Å². The van der Waals surface area contributed by atoms with Gasteiger partial charge in [0.25, 0.3) is 0 Å². The molecule has 1 unspecified atom stereocenters. The van der Waals surface area contributed by atoms with Crippen LogP contribution >= 0.6 is 0 Å². The van der Waals surface area contributed by atoms with Gasteiger partial charge in [-0.25, -0.2) is 18.6 Å². The molecule has 29 heavy (non-hydrogen) atoms. The third-order valence-electron chi connectivity index (χ3n) is 4.69. The lowest BCUT2D eigenvalue weighted by Gasteiger charge is -2.37. The summed E-state index contributed by atoms with van der Waals surface area (Å²) in [7, 11) is -3.10. The summed E-state index contributed by atoms with van der Waals surface area (Å²) in [6.07, 6.45) is 3.03. The van der Waals surface area contributed by atoms with Gasteiger partial charge in [0.2, 0.25) is 0 Å². The SMILES string of the molecule is CC(C[SH]1(=O)NCC=CCN1)(NC(=O)OCc1ccccc1)c1ccccc1F. The Bertz CT molecular complexity index is 908. The van der Waals surface area contributed by atoms with Crippen LogP contribution in [0.3, 0.4) is 0 Å². The van der Waals surface area contributed by atoms with Crippen LogP contribution in [0.5, 0.6) is 0 Å². The summed E-state index contributed by atoms with van der Waals surface area (Å²) in [5, 5.41) is 2.74. The summed E-state index contributed by atoms with van der Waals surface area (Å²) in [4.78, 5) is 12.5. The summed E-state index contributed by atoms with van der Waals surface area (Å²) >= 11 is 0. The zero-order valence-corrected chi connectivity index (χ0v) is 17.1. The van der Waals surface area contributed by atoms with Gasteiger partial charge in [-0.05, 0) is 28.9 Å². The monoisotopic (exact) mass is 419 g/mol. The lowest BCUT2D eigenvalue weighted by atomic mass is 9.94. The van der Waals surface area contributed by atoms with Gasteiger partial charge in [-0.15, -0.1) is 0 Å². The molecule has 0 bridgehead atoms. The number of benzene rings is 2. The van der Waals surface area contributed by atoms with Crippen LogP contribution in [0, 0.1) is 5.82 Å². The van der Waals surface area contributed by atoms with Crippen LogP contribution < -0.4 is 14.8 Å². The number of amides is 1. The van der Waals surface area contributed by atoms with Crippen LogP contribution in [0.4, 0.5) is 9.18 Å². The Morgan fingerprint density at radius 3 is 2.38 bits per heavy atom. The summed E-state index contributed by atoms with van der Waals surface area (Å²) in [5.74, 6) is -0.513. The van der Waals surface area contributed by atoms with Gasteiger partial charge >= 0.3 is 6.09 Å². The molecule has 1 aliphatic heterocycles. The number of alkyl carbamates (subject to hydrolysis) is 1. The summed E-state index contributed by atoms with van der Waals surface area (Å²) < 4.78 is 39.2. The van der Waals surface area contributed by atoms with Gasteiger partial charge in [-0.3, -0.25) is 4.21 Å². The molecule has 0 aliphatic carbocycles. The van der Waals surface area contributed by atoms with Gasteiger partial charge in [0, 0.05) is 18.7 Å². The first-order valence-electron chi connectivity index (χ1n) is 9.38. The molecule has 2 aromatic rings. The fraction of sp³-hybridized carbons (Fsp3) is 0.286. The van der Waals surface area contributed by atoms with Crippen LogP contribution in [-0.4, -0.2) is 29.1 Å². The minimum atomic E-state index is -3.10. The van der Waals surface area contributed by atoms with Gasteiger partial charge in [-0.2, -0.15) is 0 Å². The van der Waals surface area contributed by atoms with Crippen molar-refractivity contribution in [3.8, 4) is 0 Å². The molecule has 0 radical (unpaired) electrons. The van der Waals surface area contributed by atoms with E-state index in [1.807, 2.05) is 42.5 Å². The fourth-order valence-electron chi connectivity index (χ4n) is 3.27. The van der Waals surface area contributed by atoms with E-state index in [1.54, 1.807) is 25.1 Å². The van der Waals surface area contributed by atoms with Crippen molar-refractivity contribution in [2.24, 2.45) is 0 Å². The molecule has 2 aromatic carbocycles. The van der Waals surface area contributed by atoms with Gasteiger partial charge < -0.3 is 10.1 Å². The van der Waals surface area contributed by atoms with Crippen LogP contribution in [0.1, 0.15) is 18.1 Å². The maximum atomic E-state index is 14.6. The highest BCUT2D eigenvalue weighted by Gasteiger charge is 2.37. The average Bonchev–Trinajstić information content (AvgIpc) is 2.91. The second kappa shape index (κ2) is 9.30. The van der Waals surface area contributed by atoms with Crippen molar-refractivity contribution in [1.82, 2.24) is 14.8 Å². The lowest BCUT2D eigenvalue weighted by Crippen LogP contribution is -2.56. The van der Waals surface area contributed by atoms with Crippen LogP contribution in [0.2, 0.25) is 0 Å². The van der Waals surface area contributed by atoms with Crippen molar-refractivity contribution in [3.05, 3.63) is 83.7 Å². The van der Waals surface area contributed by atoms with Crippen molar-refractivity contribution in [2.75, 3.05) is 18.8 Å². The maximum Gasteiger partial charge on any atom is 0.408 e. The van der Waals surface area contributed by atoms with E-state index in [4.69, 9.17) is 4.74 Å². The first-order chi connectivity index (χ1) is 13.9. The largest absolute Gasteiger partial charge is 0.445 e. The maximum absolute atomic E-state index is 14.6. The Morgan fingerprint density at radius 1 is 1.10 bits per heavy atom. The molecular weight excluding hydrogens is 393 g/mol. The van der Waals surface area contributed by atoms with Crippen LogP contribution in [0.25, 0.3) is 0 Å². The molecular formula is C21H26FN3O3S. The number of carbonyl (C=O) groups is 1. The van der Waals surface area contributed by atoms with Gasteiger partial charge in [0.1, 0.15) is 12.4 Å². The predicted octanol–water partition coefficient (Wildman–Crippen LogP) is 2.56. The van der Waals surface area contributed by atoms with E-state index >= 15 is 0 Å². The van der Waals surface area contributed by atoms with Crippen LogP contribution in [-0.2, 0) is 27.2 Å². The average molecular weight is 420 g/mol. The molecule has 3 N–H and O–H groups in total. The topological polar surface area (TPSA) is 79.5 Å². The second-order valence-electron chi connectivity index (χ2n) is 7.09. The highest BCUT2D eigenvalue weighted by atomic mass is 32.3. The number of rotatable bonds is 6. The first kappa shape index (κ1) is 21.2. The molecule has 0 saturated carbocycles. The summed E-state index contributed by atoms with van der Waals surface area (Å²) in [6, 6.07) is 15.4. The third-order valence-corrected chi connectivity index (χ3v) is 7.16. The minimum Gasteiger partial charge on any atom is -0.445 e. The van der Waals surface area contributed by atoms with Crippen molar-refractivity contribution >= 4 is 16.4 Å². The molecule has 0 saturated heterocycles. The number of hydrogen-bond donors (Lipinski definition) is 4. The summed E-state index contributed by atoms with van der Waals surface area (Å²) in [6.45, 7) is 2.58. The van der Waals surface area contributed by atoms with E-state index in [9.17, 15) is 13.4 Å². The zero-order valence-electron chi connectivity index (χ0n) is 16.2. The van der Waals surface area contributed by atoms with E-state index in [0.29, 0.717) is 13.1 Å². The third kappa shape index (κ3) is 5.72. The molecule has 1 atom stereocenters. The smallest absolute Gasteiger partial charge is 0.408 e. The second-order valence-corrected chi connectivity index (χ2v) is 9.52. The van der Waals surface area contributed by atoms with Gasteiger partial charge in [0.15, 0.2) is 0 Å². The Morgan fingerprint density at radius 2 is 1.72 bits per heavy atom. The standard InChI is InChI=1S/C21H26FN3O3S/c1-21(18-11-5-6-12-19(18)22,16-29(27)23-13-7-8-14-24-29)25-20(26)28-15-17-9-3-2-4-10-17/h2-12,29H,13-16H2,1H3,(H,25,26)(H2,23,24,27). The van der Waals surface area contributed by atoms with Crippen molar-refractivity contribution in [1.29, 1.82) is 0 Å². The van der Waals surface area contributed by atoms with E-state index in [1.165, 1.54) is 6.07 Å². The molecule has 6 nitrogen and oxygen atoms in total. The normalized spacial score (nSPS) is 18.8. The molecule has 0 spiro atoms. The predicted molar refractivity (Wildman–Crippen MR) is 113 cm³/mol. The number of ether oxygens (including phenoxy) is 1. The zero-order chi connectivity index (χ0) is 20.7. The quantitative estimate of drug-likeness (QED) is 0.429. The van der Waals surface area contributed by atoms with Gasteiger partial charge in [-0.1, -0.05) is 60.7 Å². The fourth-order valence-corrected chi connectivity index (χ4v) is 5.54. The van der Waals surface area contributed by atoms with Crippen LogP contribution in [0.15, 0.2) is 66.7 Å². The Balaban J connectivity index is 1.80. The molecule has 1 heterocycles. The molecule has 0 aromatic heterocycles. The first-order valence-corrected chi connectivity index (χ1v) is 11.3. The van der Waals surface area contributed by atoms with E-state index in [-0.39, 0.29) is 17.9 Å². The Labute approximate surface area is 171 Å². The molecule has 0 fully saturated rings. The molecule has 1 aliphatic rings.